The summed E-state index contributed by atoms with van der Waals surface area (Å²) < 4.78 is 10.3. The molecule has 6 heteroatoms. The first kappa shape index (κ1) is 16.5. The maximum absolute atomic E-state index is 12.2. The van der Waals surface area contributed by atoms with Crippen LogP contribution in [0.2, 0.25) is 0 Å². The number of esters is 1. The third-order valence-corrected chi connectivity index (χ3v) is 3.97. The average Bonchev–Trinajstić information content (AvgIpc) is 3.01. The summed E-state index contributed by atoms with van der Waals surface area (Å²) in [5.41, 5.74) is 0. The minimum absolute atomic E-state index is 0.0212. The fourth-order valence-electron chi connectivity index (χ4n) is 2.62. The SMILES string of the molecule is CCOC(=O)C1CCN(CC(=O)N(C)Cc2ccco2)CC1. The number of likely N-dealkylation sites (N-methyl/N-ethyl adjacent to an activating group) is 1. The van der Waals surface area contributed by atoms with Gasteiger partial charge in [0.25, 0.3) is 0 Å². The summed E-state index contributed by atoms with van der Waals surface area (Å²) in [6.45, 7) is 4.61. The highest BCUT2D eigenvalue weighted by atomic mass is 16.5. The molecule has 1 aliphatic rings. The van der Waals surface area contributed by atoms with Crippen LogP contribution in [0, 0.1) is 5.92 Å². The minimum atomic E-state index is -0.108. The first-order valence-electron chi connectivity index (χ1n) is 7.75. The molecular weight excluding hydrogens is 284 g/mol. The molecule has 1 aromatic heterocycles. The number of likely N-dealkylation sites (tertiary alicyclic amines) is 1. The van der Waals surface area contributed by atoms with E-state index in [-0.39, 0.29) is 17.8 Å². The Balaban J connectivity index is 1.73. The molecule has 0 radical (unpaired) electrons. The number of furan rings is 1. The largest absolute Gasteiger partial charge is 0.467 e. The number of hydrogen-bond acceptors (Lipinski definition) is 5. The highest BCUT2D eigenvalue weighted by Gasteiger charge is 2.27. The van der Waals surface area contributed by atoms with Gasteiger partial charge in [-0.05, 0) is 45.0 Å². The molecule has 2 heterocycles. The molecule has 6 nitrogen and oxygen atoms in total. The van der Waals surface area contributed by atoms with Gasteiger partial charge in [0.05, 0.1) is 31.9 Å². The predicted octanol–water partition coefficient (Wildman–Crippen LogP) is 1.51. The molecule has 1 aromatic rings. The molecular formula is C16H24N2O4. The van der Waals surface area contributed by atoms with E-state index in [0.29, 0.717) is 19.7 Å². The van der Waals surface area contributed by atoms with Gasteiger partial charge in [0.2, 0.25) is 5.91 Å². The lowest BCUT2D eigenvalue weighted by Gasteiger charge is -2.31. The lowest BCUT2D eigenvalue weighted by molar-refractivity contribution is -0.149. The maximum Gasteiger partial charge on any atom is 0.309 e. The lowest BCUT2D eigenvalue weighted by atomic mass is 9.97. The zero-order valence-corrected chi connectivity index (χ0v) is 13.3. The van der Waals surface area contributed by atoms with Crippen molar-refractivity contribution in [3.63, 3.8) is 0 Å². The zero-order chi connectivity index (χ0) is 15.9. The number of carbonyl (C=O) groups excluding carboxylic acids is 2. The first-order chi connectivity index (χ1) is 10.6. The molecule has 122 valence electrons. The van der Waals surface area contributed by atoms with Gasteiger partial charge in [-0.1, -0.05) is 0 Å². The first-order valence-corrected chi connectivity index (χ1v) is 7.75. The smallest absolute Gasteiger partial charge is 0.309 e. The van der Waals surface area contributed by atoms with Crippen LogP contribution in [0.4, 0.5) is 0 Å². The lowest BCUT2D eigenvalue weighted by Crippen LogP contribution is -2.43. The van der Waals surface area contributed by atoms with E-state index in [1.165, 1.54) is 0 Å². The Kier molecular flexibility index (Phi) is 6.00. The Labute approximate surface area is 131 Å². The fourth-order valence-corrected chi connectivity index (χ4v) is 2.62. The summed E-state index contributed by atoms with van der Waals surface area (Å²) in [6, 6.07) is 3.67. The van der Waals surface area contributed by atoms with E-state index in [1.807, 2.05) is 19.1 Å². The molecule has 22 heavy (non-hydrogen) atoms. The number of hydrogen-bond donors (Lipinski definition) is 0. The molecule has 2 rings (SSSR count). The van der Waals surface area contributed by atoms with E-state index in [0.717, 1.165) is 31.7 Å². The Morgan fingerprint density at radius 1 is 1.41 bits per heavy atom. The van der Waals surface area contributed by atoms with E-state index >= 15 is 0 Å². The van der Waals surface area contributed by atoms with Crippen LogP contribution in [0.25, 0.3) is 0 Å². The second kappa shape index (κ2) is 7.98. The van der Waals surface area contributed by atoms with Crippen LogP contribution in [-0.2, 0) is 20.9 Å². The van der Waals surface area contributed by atoms with E-state index < -0.39 is 0 Å². The van der Waals surface area contributed by atoms with Crippen LogP contribution in [0.3, 0.4) is 0 Å². The molecule has 1 amide bonds. The molecule has 1 saturated heterocycles. The third kappa shape index (κ3) is 4.59. The molecule has 1 fully saturated rings. The normalized spacial score (nSPS) is 16.5. The molecule has 0 spiro atoms. The summed E-state index contributed by atoms with van der Waals surface area (Å²) in [5.74, 6) is 0.707. The van der Waals surface area contributed by atoms with E-state index in [4.69, 9.17) is 9.15 Å². The van der Waals surface area contributed by atoms with E-state index in [1.54, 1.807) is 18.2 Å². The predicted molar refractivity (Wildman–Crippen MR) is 81.0 cm³/mol. The Bertz CT molecular complexity index is 478. The van der Waals surface area contributed by atoms with Crippen LogP contribution in [0.15, 0.2) is 22.8 Å². The summed E-state index contributed by atoms with van der Waals surface area (Å²) >= 11 is 0. The second-order valence-electron chi connectivity index (χ2n) is 5.63. The van der Waals surface area contributed by atoms with Crippen molar-refractivity contribution in [2.24, 2.45) is 5.92 Å². The number of amides is 1. The topological polar surface area (TPSA) is 63.0 Å². The molecule has 0 aliphatic carbocycles. The molecule has 0 unspecified atom stereocenters. The van der Waals surface area contributed by atoms with Gasteiger partial charge in [0, 0.05) is 7.05 Å². The Hall–Kier alpha value is -1.82. The average molecular weight is 308 g/mol. The maximum atomic E-state index is 12.2. The van der Waals surface area contributed by atoms with E-state index in [2.05, 4.69) is 4.90 Å². The Morgan fingerprint density at radius 2 is 2.14 bits per heavy atom. The van der Waals surface area contributed by atoms with Crippen LogP contribution in [0.1, 0.15) is 25.5 Å². The molecule has 0 atom stereocenters. The van der Waals surface area contributed by atoms with Gasteiger partial charge in [-0.2, -0.15) is 0 Å². The standard InChI is InChI=1S/C16H24N2O4/c1-3-21-16(20)13-6-8-18(9-7-13)12-15(19)17(2)11-14-5-4-10-22-14/h4-5,10,13H,3,6-9,11-12H2,1-2H3. The van der Waals surface area contributed by atoms with Gasteiger partial charge in [0.1, 0.15) is 5.76 Å². The fraction of sp³-hybridized carbons (Fsp3) is 0.625. The monoisotopic (exact) mass is 308 g/mol. The van der Waals surface area contributed by atoms with Gasteiger partial charge in [0.15, 0.2) is 0 Å². The van der Waals surface area contributed by atoms with Crippen molar-refractivity contribution in [2.75, 3.05) is 33.3 Å². The van der Waals surface area contributed by atoms with Crippen molar-refractivity contribution in [1.82, 2.24) is 9.80 Å². The number of nitrogens with zero attached hydrogens (tertiary/aromatic N) is 2. The van der Waals surface area contributed by atoms with Crippen molar-refractivity contribution in [3.8, 4) is 0 Å². The van der Waals surface area contributed by atoms with Crippen LogP contribution >= 0.6 is 0 Å². The summed E-state index contributed by atoms with van der Waals surface area (Å²) in [5, 5.41) is 0. The van der Waals surface area contributed by atoms with Gasteiger partial charge < -0.3 is 14.1 Å². The molecule has 0 saturated carbocycles. The summed E-state index contributed by atoms with van der Waals surface area (Å²) in [7, 11) is 1.77. The van der Waals surface area contributed by atoms with Crippen LogP contribution in [0.5, 0.6) is 0 Å². The van der Waals surface area contributed by atoms with Crippen molar-refractivity contribution in [1.29, 1.82) is 0 Å². The second-order valence-corrected chi connectivity index (χ2v) is 5.63. The summed E-state index contributed by atoms with van der Waals surface area (Å²) in [6.07, 6.45) is 3.12. The van der Waals surface area contributed by atoms with E-state index in [9.17, 15) is 9.59 Å². The van der Waals surface area contributed by atoms with Gasteiger partial charge in [-0.25, -0.2) is 0 Å². The number of piperidine rings is 1. The number of ether oxygens (including phenoxy) is 1. The molecule has 1 aliphatic heterocycles. The van der Waals surface area contributed by atoms with Crippen molar-refractivity contribution in [3.05, 3.63) is 24.2 Å². The number of rotatable bonds is 6. The van der Waals surface area contributed by atoms with Crippen molar-refractivity contribution in [2.45, 2.75) is 26.3 Å². The minimum Gasteiger partial charge on any atom is -0.467 e. The highest BCUT2D eigenvalue weighted by Crippen LogP contribution is 2.18. The quantitative estimate of drug-likeness (QED) is 0.746. The number of carbonyl (C=O) groups is 2. The van der Waals surface area contributed by atoms with Crippen LogP contribution < -0.4 is 0 Å². The molecule has 0 N–H and O–H groups in total. The summed E-state index contributed by atoms with van der Waals surface area (Å²) in [4.78, 5) is 27.6. The van der Waals surface area contributed by atoms with Crippen LogP contribution in [-0.4, -0.2) is 55.0 Å². The van der Waals surface area contributed by atoms with Gasteiger partial charge in [-0.15, -0.1) is 0 Å². The molecule has 0 aromatic carbocycles. The van der Waals surface area contributed by atoms with Crippen molar-refractivity contribution < 1.29 is 18.7 Å². The highest BCUT2D eigenvalue weighted by molar-refractivity contribution is 5.78. The Morgan fingerprint density at radius 3 is 2.73 bits per heavy atom. The zero-order valence-electron chi connectivity index (χ0n) is 13.3. The van der Waals surface area contributed by atoms with Crippen molar-refractivity contribution >= 4 is 11.9 Å². The van der Waals surface area contributed by atoms with Gasteiger partial charge >= 0.3 is 5.97 Å². The third-order valence-electron chi connectivity index (χ3n) is 3.97. The molecule has 0 bridgehead atoms. The van der Waals surface area contributed by atoms with Gasteiger partial charge in [-0.3, -0.25) is 14.5 Å².